The second-order valence-electron chi connectivity index (χ2n) is 7.91. The van der Waals surface area contributed by atoms with E-state index in [1.54, 1.807) is 7.11 Å². The molecule has 4 heteroatoms. The molecule has 0 aliphatic heterocycles. The number of fused-ring (bicyclic) bond motifs is 2. The van der Waals surface area contributed by atoms with Crippen LogP contribution in [0.1, 0.15) is 64.2 Å². The Labute approximate surface area is 134 Å². The number of ether oxygens (including phenoxy) is 1. The maximum absolute atomic E-state index is 13.1. The topological polar surface area (TPSA) is 64.3 Å². The van der Waals surface area contributed by atoms with Gasteiger partial charge in [0.25, 0.3) is 0 Å². The first kappa shape index (κ1) is 16.3. The van der Waals surface area contributed by atoms with E-state index in [2.05, 4.69) is 5.32 Å². The molecule has 0 spiro atoms. The van der Waals surface area contributed by atoms with Crippen molar-refractivity contribution >= 4 is 5.91 Å². The van der Waals surface area contributed by atoms with E-state index in [9.17, 15) is 4.79 Å². The van der Waals surface area contributed by atoms with Crippen LogP contribution in [0.5, 0.6) is 0 Å². The van der Waals surface area contributed by atoms with Crippen LogP contribution in [0.2, 0.25) is 0 Å². The van der Waals surface area contributed by atoms with Gasteiger partial charge in [-0.2, -0.15) is 0 Å². The summed E-state index contributed by atoms with van der Waals surface area (Å²) in [7, 11) is 1.73. The lowest BCUT2D eigenvalue weighted by atomic mass is 9.66. The molecule has 3 fully saturated rings. The highest BCUT2D eigenvalue weighted by Gasteiger charge is 2.45. The smallest absolute Gasteiger partial charge is 0.226 e. The Balaban J connectivity index is 1.67. The molecule has 3 aliphatic carbocycles. The van der Waals surface area contributed by atoms with Gasteiger partial charge in [-0.25, -0.2) is 0 Å². The van der Waals surface area contributed by atoms with Crippen LogP contribution < -0.4 is 11.1 Å². The fourth-order valence-corrected chi connectivity index (χ4v) is 5.27. The average molecular weight is 308 g/mol. The van der Waals surface area contributed by atoms with Gasteiger partial charge >= 0.3 is 0 Å². The van der Waals surface area contributed by atoms with Crippen molar-refractivity contribution in [2.45, 2.75) is 76.3 Å². The van der Waals surface area contributed by atoms with Crippen molar-refractivity contribution in [3.8, 4) is 0 Å². The molecule has 2 bridgehead atoms. The molecule has 0 aromatic rings. The van der Waals surface area contributed by atoms with E-state index in [0.29, 0.717) is 36.4 Å². The standard InChI is InChI=1S/C18H32N2O2/c1-22-10-9-18(7-2-3-8-18)17(21)20-16-13-5-4-6-14(16)12-15(19)11-13/h13-16H,2-12,19H2,1H3,(H,20,21). The average Bonchev–Trinajstić information content (AvgIpc) is 2.96. The van der Waals surface area contributed by atoms with Crippen molar-refractivity contribution in [2.75, 3.05) is 13.7 Å². The van der Waals surface area contributed by atoms with Gasteiger partial charge in [0.05, 0.1) is 5.41 Å². The normalized spacial score (nSPS) is 37.0. The van der Waals surface area contributed by atoms with Crippen molar-refractivity contribution in [1.82, 2.24) is 5.32 Å². The van der Waals surface area contributed by atoms with E-state index < -0.39 is 0 Å². The molecule has 2 atom stereocenters. The van der Waals surface area contributed by atoms with Crippen molar-refractivity contribution in [2.24, 2.45) is 23.0 Å². The number of methoxy groups -OCH3 is 1. The van der Waals surface area contributed by atoms with E-state index in [0.717, 1.165) is 32.1 Å². The Kier molecular flexibility index (Phi) is 5.08. The summed E-state index contributed by atoms with van der Waals surface area (Å²) < 4.78 is 5.26. The minimum Gasteiger partial charge on any atom is -0.385 e. The lowest BCUT2D eigenvalue weighted by molar-refractivity contribution is -0.134. The van der Waals surface area contributed by atoms with Gasteiger partial charge in [0.15, 0.2) is 0 Å². The molecule has 1 amide bonds. The first-order chi connectivity index (χ1) is 10.6. The van der Waals surface area contributed by atoms with Gasteiger partial charge in [0.2, 0.25) is 5.91 Å². The highest BCUT2D eigenvalue weighted by Crippen LogP contribution is 2.44. The van der Waals surface area contributed by atoms with Gasteiger partial charge in [0, 0.05) is 25.8 Å². The van der Waals surface area contributed by atoms with Crippen LogP contribution in [0, 0.1) is 17.3 Å². The number of rotatable bonds is 5. The molecule has 126 valence electrons. The fraction of sp³-hybridized carbons (Fsp3) is 0.944. The summed E-state index contributed by atoms with van der Waals surface area (Å²) in [5, 5.41) is 3.48. The van der Waals surface area contributed by atoms with Crippen LogP contribution in [0.25, 0.3) is 0 Å². The number of carbonyl (C=O) groups is 1. The van der Waals surface area contributed by atoms with Gasteiger partial charge in [-0.05, 0) is 56.8 Å². The molecule has 3 rings (SSSR count). The zero-order valence-corrected chi connectivity index (χ0v) is 14.0. The first-order valence-electron chi connectivity index (χ1n) is 9.20. The second kappa shape index (κ2) is 6.88. The molecular weight excluding hydrogens is 276 g/mol. The third kappa shape index (κ3) is 3.18. The van der Waals surface area contributed by atoms with Crippen molar-refractivity contribution in [3.63, 3.8) is 0 Å². The predicted octanol–water partition coefficient (Wildman–Crippen LogP) is 2.61. The lowest BCUT2D eigenvalue weighted by Gasteiger charge is -2.46. The lowest BCUT2D eigenvalue weighted by Crippen LogP contribution is -2.56. The molecule has 0 saturated heterocycles. The molecule has 0 aromatic heterocycles. The van der Waals surface area contributed by atoms with Gasteiger partial charge in [-0.15, -0.1) is 0 Å². The molecule has 22 heavy (non-hydrogen) atoms. The molecule has 0 heterocycles. The molecule has 3 N–H and O–H groups in total. The zero-order valence-electron chi connectivity index (χ0n) is 14.0. The van der Waals surface area contributed by atoms with Crippen molar-refractivity contribution in [1.29, 1.82) is 0 Å². The molecule has 4 nitrogen and oxygen atoms in total. The van der Waals surface area contributed by atoms with E-state index in [-0.39, 0.29) is 5.41 Å². The van der Waals surface area contributed by atoms with E-state index in [1.807, 2.05) is 0 Å². The van der Waals surface area contributed by atoms with E-state index in [4.69, 9.17) is 10.5 Å². The van der Waals surface area contributed by atoms with Crippen LogP contribution in [0.4, 0.5) is 0 Å². The van der Waals surface area contributed by atoms with Crippen LogP contribution in [-0.2, 0) is 9.53 Å². The summed E-state index contributed by atoms with van der Waals surface area (Å²) in [6.45, 7) is 0.690. The SMILES string of the molecule is COCCC1(C(=O)NC2C3CCCC2CC(N)C3)CCCC1. The van der Waals surface area contributed by atoms with Gasteiger partial charge in [0.1, 0.15) is 0 Å². The van der Waals surface area contributed by atoms with Gasteiger partial charge in [-0.3, -0.25) is 4.79 Å². The highest BCUT2D eigenvalue weighted by molar-refractivity contribution is 5.83. The minimum absolute atomic E-state index is 0.163. The quantitative estimate of drug-likeness (QED) is 0.820. The van der Waals surface area contributed by atoms with Gasteiger partial charge < -0.3 is 15.8 Å². The Morgan fingerprint density at radius 2 is 1.82 bits per heavy atom. The number of hydrogen-bond acceptors (Lipinski definition) is 3. The Morgan fingerprint density at radius 1 is 1.18 bits per heavy atom. The Morgan fingerprint density at radius 3 is 2.41 bits per heavy atom. The number of nitrogens with one attached hydrogen (secondary N) is 1. The molecule has 2 unspecified atom stereocenters. The third-order valence-corrected chi connectivity index (χ3v) is 6.50. The van der Waals surface area contributed by atoms with Crippen LogP contribution in [-0.4, -0.2) is 31.7 Å². The maximum Gasteiger partial charge on any atom is 0.226 e. The second-order valence-corrected chi connectivity index (χ2v) is 7.91. The van der Waals surface area contributed by atoms with Gasteiger partial charge in [-0.1, -0.05) is 19.3 Å². The monoisotopic (exact) mass is 308 g/mol. The van der Waals surface area contributed by atoms with Crippen molar-refractivity contribution in [3.05, 3.63) is 0 Å². The molecular formula is C18H32N2O2. The Bertz CT molecular complexity index is 379. The summed E-state index contributed by atoms with van der Waals surface area (Å²) in [5.74, 6) is 1.51. The number of nitrogens with two attached hydrogens (primary N) is 1. The highest BCUT2D eigenvalue weighted by atomic mass is 16.5. The first-order valence-corrected chi connectivity index (χ1v) is 9.20. The van der Waals surface area contributed by atoms with E-state index in [1.165, 1.54) is 32.1 Å². The summed E-state index contributed by atoms with van der Waals surface area (Å²) in [5.41, 5.74) is 6.04. The molecule has 3 saturated carbocycles. The molecule has 3 aliphatic rings. The fourth-order valence-electron chi connectivity index (χ4n) is 5.27. The van der Waals surface area contributed by atoms with E-state index >= 15 is 0 Å². The third-order valence-electron chi connectivity index (χ3n) is 6.50. The van der Waals surface area contributed by atoms with Crippen LogP contribution in [0.3, 0.4) is 0 Å². The largest absolute Gasteiger partial charge is 0.385 e. The summed E-state index contributed by atoms with van der Waals surface area (Å²) >= 11 is 0. The predicted molar refractivity (Wildman–Crippen MR) is 87.4 cm³/mol. The summed E-state index contributed by atoms with van der Waals surface area (Å²) in [4.78, 5) is 13.1. The number of carbonyl (C=O) groups excluding carboxylic acids is 1. The molecule has 0 radical (unpaired) electrons. The maximum atomic E-state index is 13.1. The number of hydrogen-bond donors (Lipinski definition) is 2. The van der Waals surface area contributed by atoms with Crippen LogP contribution in [0.15, 0.2) is 0 Å². The zero-order chi connectivity index (χ0) is 15.6. The Hall–Kier alpha value is -0.610. The molecule has 0 aromatic carbocycles. The summed E-state index contributed by atoms with van der Waals surface area (Å²) in [6.07, 6.45) is 11.3. The van der Waals surface area contributed by atoms with Crippen molar-refractivity contribution < 1.29 is 9.53 Å². The number of amides is 1. The minimum atomic E-state index is -0.163. The summed E-state index contributed by atoms with van der Waals surface area (Å²) in [6, 6.07) is 0.721. The van der Waals surface area contributed by atoms with Crippen LogP contribution >= 0.6 is 0 Å².